The van der Waals surface area contributed by atoms with Crippen LogP contribution in [0.3, 0.4) is 0 Å². The van der Waals surface area contributed by atoms with Gasteiger partial charge in [0, 0.05) is 12.6 Å². The predicted molar refractivity (Wildman–Crippen MR) is 80.1 cm³/mol. The molecule has 0 bridgehead atoms. The number of rotatable bonds is 6. The van der Waals surface area contributed by atoms with Crippen LogP contribution in [0.4, 0.5) is 8.78 Å². The third-order valence-corrected chi connectivity index (χ3v) is 3.44. The molecule has 1 saturated heterocycles. The molecule has 1 atom stereocenters. The third kappa shape index (κ3) is 4.52. The number of aromatic nitrogens is 1. The van der Waals surface area contributed by atoms with Crippen LogP contribution < -0.4 is 10.1 Å². The Labute approximate surface area is 141 Å². The maximum Gasteiger partial charge on any atom is 0.273 e. The lowest BCUT2D eigenvalue weighted by Crippen LogP contribution is -2.39. The molecule has 25 heavy (non-hydrogen) atoms. The van der Waals surface area contributed by atoms with Gasteiger partial charge in [0.1, 0.15) is 6.61 Å². The highest BCUT2D eigenvalue weighted by Crippen LogP contribution is 2.22. The highest BCUT2D eigenvalue weighted by Gasteiger charge is 2.18. The average molecular weight is 354 g/mol. The van der Waals surface area contributed by atoms with Gasteiger partial charge < -0.3 is 24.1 Å². The first-order chi connectivity index (χ1) is 12.1. The molecule has 1 fully saturated rings. The Morgan fingerprint density at radius 3 is 2.84 bits per heavy atom. The van der Waals surface area contributed by atoms with Crippen molar-refractivity contribution in [3.8, 4) is 5.75 Å². The molecule has 3 rings (SSSR count). The summed E-state index contributed by atoms with van der Waals surface area (Å²) in [5.41, 5.74) is 0.0318. The fourth-order valence-electron chi connectivity index (χ4n) is 2.20. The third-order valence-electron chi connectivity index (χ3n) is 3.44. The second kappa shape index (κ2) is 8.04. The van der Waals surface area contributed by atoms with E-state index in [9.17, 15) is 13.6 Å². The summed E-state index contributed by atoms with van der Waals surface area (Å²) in [5.74, 6) is -2.47. The van der Waals surface area contributed by atoms with E-state index in [1.54, 1.807) is 0 Å². The highest BCUT2D eigenvalue weighted by atomic mass is 19.1. The first-order valence-corrected chi connectivity index (χ1v) is 7.63. The summed E-state index contributed by atoms with van der Waals surface area (Å²) < 4.78 is 47.6. The van der Waals surface area contributed by atoms with Crippen LogP contribution in [0.15, 0.2) is 28.8 Å². The molecule has 1 aromatic carbocycles. The van der Waals surface area contributed by atoms with Gasteiger partial charge in [-0.05, 0) is 12.1 Å². The molecule has 1 aromatic heterocycles. The smallest absolute Gasteiger partial charge is 0.273 e. The molecule has 2 heterocycles. The van der Waals surface area contributed by atoms with Crippen molar-refractivity contribution in [3.63, 3.8) is 0 Å². The van der Waals surface area contributed by atoms with Gasteiger partial charge in [0.2, 0.25) is 0 Å². The van der Waals surface area contributed by atoms with E-state index in [-0.39, 0.29) is 30.7 Å². The zero-order valence-electron chi connectivity index (χ0n) is 13.2. The average Bonchev–Trinajstić information content (AvgIpc) is 3.09. The molecular formula is C16H16F2N2O5. The van der Waals surface area contributed by atoms with Gasteiger partial charge >= 0.3 is 0 Å². The standard InChI is InChI=1S/C16H16F2N2O5/c17-12-2-1-3-13(18)15(12)24-9-10-6-14(20-25-10)16(21)19-7-11-8-22-4-5-23-11/h1-3,6,11H,4-5,7-9H2,(H,19,21)/t11-/m1/s1. The first kappa shape index (κ1) is 17.3. The number of ether oxygens (including phenoxy) is 3. The lowest BCUT2D eigenvalue weighted by atomic mass is 10.3. The molecule has 9 heteroatoms. The summed E-state index contributed by atoms with van der Waals surface area (Å²) in [7, 11) is 0. The lowest BCUT2D eigenvalue weighted by Gasteiger charge is -2.22. The maximum atomic E-state index is 13.5. The number of carbonyl (C=O) groups excluding carboxylic acids is 1. The van der Waals surface area contributed by atoms with E-state index in [0.717, 1.165) is 12.1 Å². The Balaban J connectivity index is 1.52. The number of amides is 1. The zero-order valence-corrected chi connectivity index (χ0v) is 13.2. The molecule has 0 aliphatic carbocycles. The zero-order chi connectivity index (χ0) is 17.6. The van der Waals surface area contributed by atoms with Gasteiger partial charge in [0.05, 0.1) is 25.9 Å². The van der Waals surface area contributed by atoms with Crippen LogP contribution in [0.5, 0.6) is 5.75 Å². The Bertz CT molecular complexity index is 711. The van der Waals surface area contributed by atoms with Gasteiger partial charge in [-0.1, -0.05) is 11.2 Å². The van der Waals surface area contributed by atoms with E-state index in [0.29, 0.717) is 19.8 Å². The minimum atomic E-state index is -0.827. The topological polar surface area (TPSA) is 82.8 Å². The summed E-state index contributed by atoms with van der Waals surface area (Å²) in [4.78, 5) is 12.0. The van der Waals surface area contributed by atoms with Crippen LogP contribution in [0.2, 0.25) is 0 Å². The molecule has 1 amide bonds. The lowest BCUT2D eigenvalue weighted by molar-refractivity contribution is -0.0855. The number of hydrogen-bond acceptors (Lipinski definition) is 6. The van der Waals surface area contributed by atoms with Gasteiger partial charge in [-0.25, -0.2) is 8.78 Å². The van der Waals surface area contributed by atoms with Crippen LogP contribution in [-0.2, 0) is 16.1 Å². The van der Waals surface area contributed by atoms with Crippen molar-refractivity contribution in [1.29, 1.82) is 0 Å². The second-order valence-electron chi connectivity index (χ2n) is 5.30. The van der Waals surface area contributed by atoms with E-state index in [1.807, 2.05) is 0 Å². The number of hydrogen-bond donors (Lipinski definition) is 1. The van der Waals surface area contributed by atoms with Crippen molar-refractivity contribution < 1.29 is 32.3 Å². The highest BCUT2D eigenvalue weighted by molar-refractivity contribution is 5.92. The van der Waals surface area contributed by atoms with Crippen molar-refractivity contribution in [1.82, 2.24) is 10.5 Å². The Hall–Kier alpha value is -2.52. The van der Waals surface area contributed by atoms with Crippen molar-refractivity contribution in [3.05, 3.63) is 47.4 Å². The SMILES string of the molecule is O=C(NC[C@@H]1COCCO1)c1cc(COc2c(F)cccc2F)on1. The van der Waals surface area contributed by atoms with Crippen LogP contribution >= 0.6 is 0 Å². The Morgan fingerprint density at radius 2 is 2.12 bits per heavy atom. The summed E-state index contributed by atoms with van der Waals surface area (Å²) in [6, 6.07) is 4.73. The molecule has 0 spiro atoms. The molecule has 1 aliphatic rings. The van der Waals surface area contributed by atoms with E-state index in [4.69, 9.17) is 18.7 Å². The minimum absolute atomic E-state index is 0.0318. The molecule has 0 saturated carbocycles. The fraction of sp³-hybridized carbons (Fsp3) is 0.375. The molecule has 0 unspecified atom stereocenters. The van der Waals surface area contributed by atoms with Crippen LogP contribution in [-0.4, -0.2) is 43.5 Å². The van der Waals surface area contributed by atoms with Gasteiger partial charge in [0.15, 0.2) is 28.8 Å². The molecule has 0 radical (unpaired) electrons. The minimum Gasteiger partial charge on any atom is -0.479 e. The molecule has 7 nitrogen and oxygen atoms in total. The molecular weight excluding hydrogens is 338 g/mol. The summed E-state index contributed by atoms with van der Waals surface area (Å²) in [6.45, 7) is 1.44. The first-order valence-electron chi connectivity index (χ1n) is 7.63. The van der Waals surface area contributed by atoms with Crippen LogP contribution in [0.1, 0.15) is 16.2 Å². The Kier molecular flexibility index (Phi) is 5.56. The summed E-state index contributed by atoms with van der Waals surface area (Å²) in [5, 5.41) is 6.26. The van der Waals surface area contributed by atoms with Gasteiger partial charge in [0.25, 0.3) is 5.91 Å². The molecule has 134 valence electrons. The van der Waals surface area contributed by atoms with E-state index >= 15 is 0 Å². The number of nitrogens with zero attached hydrogens (tertiary/aromatic N) is 1. The van der Waals surface area contributed by atoms with Crippen molar-refractivity contribution in [2.24, 2.45) is 0 Å². The van der Waals surface area contributed by atoms with E-state index in [1.165, 1.54) is 12.1 Å². The van der Waals surface area contributed by atoms with E-state index in [2.05, 4.69) is 10.5 Å². The maximum absolute atomic E-state index is 13.5. The van der Waals surface area contributed by atoms with Gasteiger partial charge in [-0.2, -0.15) is 0 Å². The second-order valence-corrected chi connectivity index (χ2v) is 5.30. The molecule has 1 N–H and O–H groups in total. The summed E-state index contributed by atoms with van der Waals surface area (Å²) >= 11 is 0. The number of carbonyl (C=O) groups is 1. The van der Waals surface area contributed by atoms with E-state index < -0.39 is 23.3 Å². The number of nitrogens with one attached hydrogen (secondary N) is 1. The Morgan fingerprint density at radius 1 is 1.32 bits per heavy atom. The van der Waals surface area contributed by atoms with Crippen LogP contribution in [0, 0.1) is 11.6 Å². The van der Waals surface area contributed by atoms with Gasteiger partial charge in [-0.3, -0.25) is 4.79 Å². The monoisotopic (exact) mass is 354 g/mol. The molecule has 2 aromatic rings. The molecule has 1 aliphatic heterocycles. The summed E-state index contributed by atoms with van der Waals surface area (Å²) in [6.07, 6.45) is -0.212. The van der Waals surface area contributed by atoms with Crippen LogP contribution in [0.25, 0.3) is 0 Å². The van der Waals surface area contributed by atoms with Gasteiger partial charge in [-0.15, -0.1) is 0 Å². The van der Waals surface area contributed by atoms with Crippen molar-refractivity contribution in [2.45, 2.75) is 12.7 Å². The van der Waals surface area contributed by atoms with Crippen molar-refractivity contribution in [2.75, 3.05) is 26.4 Å². The predicted octanol–water partition coefficient (Wildman–Crippen LogP) is 1.68. The fourth-order valence-corrected chi connectivity index (χ4v) is 2.20. The largest absolute Gasteiger partial charge is 0.479 e. The number of halogens is 2. The normalized spacial score (nSPS) is 17.3. The number of benzene rings is 1. The quantitative estimate of drug-likeness (QED) is 0.850. The number of para-hydroxylation sites is 1. The van der Waals surface area contributed by atoms with Crippen molar-refractivity contribution >= 4 is 5.91 Å².